The highest BCUT2D eigenvalue weighted by Gasteiger charge is 2.06. The van der Waals surface area contributed by atoms with Crippen molar-refractivity contribution in [3.8, 4) is 0 Å². The number of nitrogens with zero attached hydrogens (tertiary/aromatic N) is 1. The van der Waals surface area contributed by atoms with Crippen LogP contribution in [0.3, 0.4) is 0 Å². The van der Waals surface area contributed by atoms with Crippen molar-refractivity contribution in [2.75, 3.05) is 5.75 Å². The Morgan fingerprint density at radius 2 is 2.31 bits per heavy atom. The van der Waals surface area contributed by atoms with E-state index in [1.165, 1.54) is 12.8 Å². The van der Waals surface area contributed by atoms with E-state index in [2.05, 4.69) is 12.1 Å². The number of unbranched alkanes of at least 4 members (excludes halogenated alkanes) is 1. The van der Waals surface area contributed by atoms with E-state index in [-0.39, 0.29) is 5.84 Å². The fourth-order valence-electron chi connectivity index (χ4n) is 1.18. The van der Waals surface area contributed by atoms with Gasteiger partial charge in [0.1, 0.15) is 0 Å². The third-order valence-corrected chi connectivity index (χ3v) is 3.48. The molecule has 0 aliphatic carbocycles. The standard InChI is InChI=1S/C11H15ClN2OS/c1-2-3-6-16-8-4-5-9(10(12)7-8)11(13)14-15/h4-5,7,15H,2-3,6H2,1H3,(H2,13,14). The third-order valence-electron chi connectivity index (χ3n) is 2.09. The van der Waals surface area contributed by atoms with Crippen LogP contribution in [0.5, 0.6) is 0 Å². The molecular formula is C11H15ClN2OS. The predicted molar refractivity (Wildman–Crippen MR) is 69.6 cm³/mol. The largest absolute Gasteiger partial charge is 0.409 e. The summed E-state index contributed by atoms with van der Waals surface area (Å²) in [5.74, 6) is 1.12. The molecule has 0 bridgehead atoms. The zero-order valence-corrected chi connectivity index (χ0v) is 10.7. The predicted octanol–water partition coefficient (Wildman–Crippen LogP) is 3.33. The second-order valence-electron chi connectivity index (χ2n) is 3.33. The summed E-state index contributed by atoms with van der Waals surface area (Å²) in [5, 5.41) is 12.0. The minimum absolute atomic E-state index is 0.0371. The molecule has 0 aromatic heterocycles. The summed E-state index contributed by atoms with van der Waals surface area (Å²) in [4.78, 5) is 1.10. The van der Waals surface area contributed by atoms with Crippen molar-refractivity contribution in [3.63, 3.8) is 0 Å². The number of rotatable bonds is 5. The molecule has 0 saturated heterocycles. The van der Waals surface area contributed by atoms with E-state index in [9.17, 15) is 0 Å². The van der Waals surface area contributed by atoms with E-state index in [0.717, 1.165) is 10.6 Å². The van der Waals surface area contributed by atoms with E-state index < -0.39 is 0 Å². The van der Waals surface area contributed by atoms with Crippen molar-refractivity contribution >= 4 is 29.2 Å². The molecule has 0 saturated carbocycles. The van der Waals surface area contributed by atoms with Crippen molar-refractivity contribution in [1.82, 2.24) is 0 Å². The Morgan fingerprint density at radius 1 is 1.56 bits per heavy atom. The fraction of sp³-hybridized carbons (Fsp3) is 0.364. The molecule has 3 nitrogen and oxygen atoms in total. The minimum Gasteiger partial charge on any atom is -0.409 e. The lowest BCUT2D eigenvalue weighted by Crippen LogP contribution is -2.13. The van der Waals surface area contributed by atoms with Crippen LogP contribution in [0.1, 0.15) is 25.3 Å². The van der Waals surface area contributed by atoms with E-state index >= 15 is 0 Å². The van der Waals surface area contributed by atoms with Crippen molar-refractivity contribution in [3.05, 3.63) is 28.8 Å². The second kappa shape index (κ2) is 6.66. The molecule has 1 aromatic carbocycles. The Labute approximate surface area is 105 Å². The summed E-state index contributed by atoms with van der Waals surface area (Å²) in [6.45, 7) is 2.16. The molecule has 0 spiro atoms. The molecule has 0 unspecified atom stereocenters. The second-order valence-corrected chi connectivity index (χ2v) is 4.90. The molecule has 1 rings (SSSR count). The number of amidine groups is 1. The number of thioether (sulfide) groups is 1. The third kappa shape index (κ3) is 3.61. The van der Waals surface area contributed by atoms with Crippen LogP contribution in [0.15, 0.2) is 28.3 Å². The van der Waals surface area contributed by atoms with Gasteiger partial charge in [-0.3, -0.25) is 0 Å². The fourth-order valence-corrected chi connectivity index (χ4v) is 2.56. The highest BCUT2D eigenvalue weighted by Crippen LogP contribution is 2.25. The lowest BCUT2D eigenvalue weighted by Gasteiger charge is -2.05. The van der Waals surface area contributed by atoms with E-state index in [1.807, 2.05) is 12.1 Å². The van der Waals surface area contributed by atoms with E-state index in [0.29, 0.717) is 10.6 Å². The van der Waals surface area contributed by atoms with Gasteiger partial charge in [-0.2, -0.15) is 0 Å². The Hall–Kier alpha value is -0.870. The van der Waals surface area contributed by atoms with Crippen LogP contribution < -0.4 is 5.73 Å². The molecular weight excluding hydrogens is 244 g/mol. The molecule has 0 amide bonds. The van der Waals surface area contributed by atoms with Gasteiger partial charge in [-0.05, 0) is 30.4 Å². The summed E-state index contributed by atoms with van der Waals surface area (Å²) in [6.07, 6.45) is 2.37. The normalized spacial score (nSPS) is 11.8. The van der Waals surface area contributed by atoms with Gasteiger partial charge in [0.05, 0.1) is 5.02 Å². The SMILES string of the molecule is CCCCSc1ccc(C(N)=NO)c(Cl)c1. The highest BCUT2D eigenvalue weighted by molar-refractivity contribution is 7.99. The molecule has 5 heteroatoms. The molecule has 0 aliphatic heterocycles. The summed E-state index contributed by atoms with van der Waals surface area (Å²) >= 11 is 7.79. The van der Waals surface area contributed by atoms with Crippen molar-refractivity contribution in [2.24, 2.45) is 10.9 Å². The van der Waals surface area contributed by atoms with Gasteiger partial charge in [-0.25, -0.2) is 0 Å². The van der Waals surface area contributed by atoms with Crippen LogP contribution in [0.4, 0.5) is 0 Å². The first-order chi connectivity index (χ1) is 7.69. The first kappa shape index (κ1) is 13.2. The maximum atomic E-state index is 8.55. The first-order valence-corrected chi connectivity index (χ1v) is 6.45. The van der Waals surface area contributed by atoms with Gasteiger partial charge in [0.15, 0.2) is 5.84 Å². The smallest absolute Gasteiger partial charge is 0.171 e. The van der Waals surface area contributed by atoms with Crippen LogP contribution in [-0.2, 0) is 0 Å². The van der Waals surface area contributed by atoms with Gasteiger partial charge >= 0.3 is 0 Å². The van der Waals surface area contributed by atoms with Crippen molar-refractivity contribution < 1.29 is 5.21 Å². The number of halogens is 1. The zero-order valence-electron chi connectivity index (χ0n) is 9.11. The van der Waals surface area contributed by atoms with E-state index in [1.54, 1.807) is 17.8 Å². The van der Waals surface area contributed by atoms with Crippen molar-refractivity contribution in [2.45, 2.75) is 24.7 Å². The number of nitrogens with two attached hydrogens (primary N) is 1. The Bertz CT molecular complexity index is 382. The maximum Gasteiger partial charge on any atom is 0.171 e. The van der Waals surface area contributed by atoms with Gasteiger partial charge in [-0.15, -0.1) is 11.8 Å². The summed E-state index contributed by atoms with van der Waals surface area (Å²) in [6, 6.07) is 5.54. The molecule has 16 heavy (non-hydrogen) atoms. The first-order valence-electron chi connectivity index (χ1n) is 5.09. The lowest BCUT2D eigenvalue weighted by molar-refractivity contribution is 0.318. The average molecular weight is 259 g/mol. The number of hydrogen-bond donors (Lipinski definition) is 2. The van der Waals surface area contributed by atoms with Crippen LogP contribution in [-0.4, -0.2) is 16.8 Å². The van der Waals surface area contributed by atoms with Crippen LogP contribution >= 0.6 is 23.4 Å². The van der Waals surface area contributed by atoms with Gasteiger partial charge in [0.25, 0.3) is 0 Å². The molecule has 1 aromatic rings. The molecule has 0 atom stereocenters. The topological polar surface area (TPSA) is 58.6 Å². The molecule has 3 N–H and O–H groups in total. The Kier molecular flexibility index (Phi) is 5.49. The molecule has 88 valence electrons. The monoisotopic (exact) mass is 258 g/mol. The van der Waals surface area contributed by atoms with Gasteiger partial charge in [0, 0.05) is 10.5 Å². The Balaban J connectivity index is 2.75. The minimum atomic E-state index is 0.0371. The van der Waals surface area contributed by atoms with Gasteiger partial charge < -0.3 is 10.9 Å². The van der Waals surface area contributed by atoms with Crippen molar-refractivity contribution in [1.29, 1.82) is 0 Å². The summed E-state index contributed by atoms with van der Waals surface area (Å²) < 4.78 is 0. The lowest BCUT2D eigenvalue weighted by atomic mass is 10.2. The molecule has 0 aliphatic rings. The van der Waals surface area contributed by atoms with Gasteiger partial charge in [-0.1, -0.05) is 30.1 Å². The average Bonchev–Trinajstić information content (AvgIpc) is 2.29. The van der Waals surface area contributed by atoms with E-state index in [4.69, 9.17) is 22.5 Å². The zero-order chi connectivity index (χ0) is 12.0. The number of oxime groups is 1. The maximum absolute atomic E-state index is 8.55. The van der Waals surface area contributed by atoms with Crippen LogP contribution in [0.2, 0.25) is 5.02 Å². The highest BCUT2D eigenvalue weighted by atomic mass is 35.5. The van der Waals surface area contributed by atoms with Crippen LogP contribution in [0.25, 0.3) is 0 Å². The molecule has 0 radical (unpaired) electrons. The summed E-state index contributed by atoms with van der Waals surface area (Å²) in [5.41, 5.74) is 6.03. The molecule has 0 fully saturated rings. The quantitative estimate of drug-likeness (QED) is 0.213. The number of hydrogen-bond acceptors (Lipinski definition) is 3. The summed E-state index contributed by atoms with van der Waals surface area (Å²) in [7, 11) is 0. The van der Waals surface area contributed by atoms with Crippen LogP contribution in [0, 0.1) is 0 Å². The number of benzene rings is 1. The van der Waals surface area contributed by atoms with Gasteiger partial charge in [0.2, 0.25) is 0 Å². The Morgan fingerprint density at radius 3 is 2.88 bits per heavy atom. The molecule has 0 heterocycles.